The van der Waals surface area contributed by atoms with Crippen LogP contribution in [0.3, 0.4) is 0 Å². The zero-order chi connectivity index (χ0) is 25.8. The molecule has 0 fully saturated rings. The number of ether oxygens (including phenoxy) is 2. The second-order valence-corrected chi connectivity index (χ2v) is 9.30. The Morgan fingerprint density at radius 3 is 2.56 bits per heavy atom. The van der Waals surface area contributed by atoms with E-state index in [1.807, 2.05) is 24.3 Å². The van der Waals surface area contributed by atoms with E-state index in [9.17, 15) is 9.59 Å². The minimum atomic E-state index is -1.20. The first-order valence-electron chi connectivity index (χ1n) is 11.0. The van der Waals surface area contributed by atoms with Crippen molar-refractivity contribution in [2.75, 3.05) is 20.3 Å². The van der Waals surface area contributed by atoms with Crippen LogP contribution >= 0.6 is 34.8 Å². The van der Waals surface area contributed by atoms with Crippen LogP contribution in [0.4, 0.5) is 0 Å². The molecular formula is C26H22Cl3N3O4. The summed E-state index contributed by atoms with van der Waals surface area (Å²) in [4.78, 5) is 35.5. The molecule has 1 amide bonds. The Bertz CT molecular complexity index is 1340. The number of nitrogens with one attached hydrogen (secondary N) is 1. The Morgan fingerprint density at radius 1 is 1.11 bits per heavy atom. The van der Waals surface area contributed by atoms with E-state index in [2.05, 4.69) is 15.3 Å². The number of benzene rings is 2. The maximum atomic E-state index is 13.4. The Balaban J connectivity index is 1.76. The molecule has 3 aromatic rings. The topological polar surface area (TPSA) is 89.9 Å². The lowest BCUT2D eigenvalue weighted by Crippen LogP contribution is -2.40. The maximum absolute atomic E-state index is 13.4. The standard InChI is InChI=1S/C26H22Cl3N3O4/c1-14-7-8-30-26(36-10-9-35-2)21(14)25(34)32-24-20(33)11-15-5-3-4-6-17(15)23(31-24)22-18(28)12-16(27)13-19(22)29/h3-8,12-13,24H,9-11H2,1-2H3,(H,32,34). The van der Waals surface area contributed by atoms with E-state index in [1.54, 1.807) is 38.4 Å². The van der Waals surface area contributed by atoms with Gasteiger partial charge in [-0.2, -0.15) is 0 Å². The summed E-state index contributed by atoms with van der Waals surface area (Å²) in [7, 11) is 1.55. The van der Waals surface area contributed by atoms with Crippen molar-refractivity contribution in [1.29, 1.82) is 0 Å². The molecule has 0 saturated heterocycles. The van der Waals surface area contributed by atoms with E-state index in [0.29, 0.717) is 34.0 Å². The molecule has 1 aliphatic rings. The first-order chi connectivity index (χ1) is 17.3. The number of carbonyl (C=O) groups is 2. The molecule has 1 atom stereocenters. The van der Waals surface area contributed by atoms with E-state index in [-0.39, 0.29) is 40.3 Å². The number of nitrogens with zero attached hydrogens (tertiary/aromatic N) is 2. The van der Waals surface area contributed by atoms with Crippen molar-refractivity contribution in [3.8, 4) is 5.88 Å². The maximum Gasteiger partial charge on any atom is 0.259 e. The first kappa shape index (κ1) is 26.1. The molecule has 10 heteroatoms. The number of pyridine rings is 1. The van der Waals surface area contributed by atoms with Gasteiger partial charge in [0, 0.05) is 35.9 Å². The van der Waals surface area contributed by atoms with Crippen molar-refractivity contribution >= 4 is 52.2 Å². The van der Waals surface area contributed by atoms with E-state index in [1.165, 1.54) is 0 Å². The molecule has 7 nitrogen and oxygen atoms in total. The number of aliphatic imine (C=N–C) groups is 1. The van der Waals surface area contributed by atoms with Crippen molar-refractivity contribution in [3.05, 3.63) is 91.5 Å². The van der Waals surface area contributed by atoms with Gasteiger partial charge < -0.3 is 14.8 Å². The highest BCUT2D eigenvalue weighted by molar-refractivity contribution is 6.43. The fraction of sp³-hybridized carbons (Fsp3) is 0.231. The minimum Gasteiger partial charge on any atom is -0.475 e. The molecule has 2 heterocycles. The van der Waals surface area contributed by atoms with Crippen LogP contribution < -0.4 is 10.1 Å². The molecule has 1 aromatic heterocycles. The Hall–Kier alpha value is -2.97. The predicted molar refractivity (Wildman–Crippen MR) is 140 cm³/mol. The summed E-state index contributed by atoms with van der Waals surface area (Å²) in [6, 6.07) is 12.1. The molecule has 0 bridgehead atoms. The molecule has 2 aromatic carbocycles. The molecule has 0 saturated carbocycles. The van der Waals surface area contributed by atoms with Crippen LogP contribution in [0.5, 0.6) is 5.88 Å². The monoisotopic (exact) mass is 545 g/mol. The van der Waals surface area contributed by atoms with E-state index >= 15 is 0 Å². The fourth-order valence-electron chi connectivity index (χ4n) is 3.88. The normalized spacial score (nSPS) is 15.1. The number of Topliss-reactive ketones (excluding diaryl/α,β-unsaturated/α-hetero) is 1. The van der Waals surface area contributed by atoms with Gasteiger partial charge >= 0.3 is 0 Å². The molecule has 4 rings (SSSR count). The first-order valence-corrected chi connectivity index (χ1v) is 12.2. The van der Waals surface area contributed by atoms with E-state index in [0.717, 1.165) is 5.56 Å². The summed E-state index contributed by atoms with van der Waals surface area (Å²) in [5.74, 6) is -0.703. The average molecular weight is 547 g/mol. The summed E-state index contributed by atoms with van der Waals surface area (Å²) in [5, 5.41) is 3.66. The molecule has 0 spiro atoms. The van der Waals surface area contributed by atoms with Gasteiger partial charge in [0.1, 0.15) is 12.2 Å². The quantitative estimate of drug-likeness (QED) is 0.417. The zero-order valence-electron chi connectivity index (χ0n) is 19.5. The van der Waals surface area contributed by atoms with Gasteiger partial charge in [0.2, 0.25) is 5.88 Å². The Kier molecular flexibility index (Phi) is 8.26. The van der Waals surface area contributed by atoms with Gasteiger partial charge in [0.05, 0.1) is 22.4 Å². The van der Waals surface area contributed by atoms with Gasteiger partial charge in [-0.25, -0.2) is 4.98 Å². The van der Waals surface area contributed by atoms with Crippen LogP contribution in [0.25, 0.3) is 0 Å². The SMILES string of the molecule is COCCOc1nccc(C)c1C(=O)NC1N=C(c2c(Cl)cc(Cl)cc2Cl)c2ccccc2CC1=O. The van der Waals surface area contributed by atoms with Gasteiger partial charge in [0.25, 0.3) is 5.91 Å². The molecular weight excluding hydrogens is 525 g/mol. The van der Waals surface area contributed by atoms with Gasteiger partial charge in [-0.15, -0.1) is 0 Å². The van der Waals surface area contributed by atoms with Crippen LogP contribution in [0.2, 0.25) is 15.1 Å². The summed E-state index contributed by atoms with van der Waals surface area (Å²) < 4.78 is 10.6. The van der Waals surface area contributed by atoms with Crippen LogP contribution in [-0.2, 0) is 16.0 Å². The lowest BCUT2D eigenvalue weighted by Gasteiger charge is -2.17. The predicted octanol–water partition coefficient (Wildman–Crippen LogP) is 5.09. The van der Waals surface area contributed by atoms with Crippen molar-refractivity contribution in [3.63, 3.8) is 0 Å². The van der Waals surface area contributed by atoms with Gasteiger partial charge in [-0.3, -0.25) is 14.6 Å². The van der Waals surface area contributed by atoms with Crippen molar-refractivity contribution in [1.82, 2.24) is 10.3 Å². The van der Waals surface area contributed by atoms with Gasteiger partial charge in [0.15, 0.2) is 11.9 Å². The number of amides is 1. The number of aryl methyl sites for hydroxylation is 1. The number of fused-ring (bicyclic) bond motifs is 1. The Labute approximate surface area is 223 Å². The molecule has 186 valence electrons. The third-order valence-electron chi connectivity index (χ3n) is 5.59. The summed E-state index contributed by atoms with van der Waals surface area (Å²) >= 11 is 19.1. The van der Waals surface area contributed by atoms with Crippen molar-refractivity contribution in [2.24, 2.45) is 4.99 Å². The number of hydrogen-bond donors (Lipinski definition) is 1. The van der Waals surface area contributed by atoms with Crippen LogP contribution in [0, 0.1) is 6.92 Å². The van der Waals surface area contributed by atoms with Crippen molar-refractivity contribution < 1.29 is 19.1 Å². The number of hydrogen-bond acceptors (Lipinski definition) is 6. The molecule has 0 radical (unpaired) electrons. The lowest BCUT2D eigenvalue weighted by atomic mass is 9.96. The number of methoxy groups -OCH3 is 1. The number of halogens is 3. The number of ketones is 1. The summed E-state index contributed by atoms with van der Waals surface area (Å²) in [6.07, 6.45) is 0.400. The highest BCUT2D eigenvalue weighted by Crippen LogP contribution is 2.33. The van der Waals surface area contributed by atoms with E-state index in [4.69, 9.17) is 44.3 Å². The largest absolute Gasteiger partial charge is 0.475 e. The second kappa shape index (κ2) is 11.4. The zero-order valence-corrected chi connectivity index (χ0v) is 21.7. The van der Waals surface area contributed by atoms with Crippen LogP contribution in [-0.4, -0.2) is 48.9 Å². The molecule has 1 unspecified atom stereocenters. The smallest absolute Gasteiger partial charge is 0.259 e. The third kappa shape index (κ3) is 5.55. The van der Waals surface area contributed by atoms with Crippen molar-refractivity contribution in [2.45, 2.75) is 19.5 Å². The highest BCUT2D eigenvalue weighted by Gasteiger charge is 2.30. The van der Waals surface area contributed by atoms with Crippen LogP contribution in [0.15, 0.2) is 53.7 Å². The number of rotatable bonds is 7. The third-order valence-corrected chi connectivity index (χ3v) is 6.40. The average Bonchev–Trinajstić information content (AvgIpc) is 2.95. The second-order valence-electron chi connectivity index (χ2n) is 8.05. The van der Waals surface area contributed by atoms with Gasteiger partial charge in [-0.05, 0) is 36.2 Å². The minimum absolute atomic E-state index is 0.0557. The van der Waals surface area contributed by atoms with Gasteiger partial charge in [-0.1, -0.05) is 59.1 Å². The highest BCUT2D eigenvalue weighted by atomic mass is 35.5. The number of carbonyl (C=O) groups excluding carboxylic acids is 2. The Morgan fingerprint density at radius 2 is 1.83 bits per heavy atom. The summed E-state index contributed by atoms with van der Waals surface area (Å²) in [5.41, 5.74) is 3.07. The van der Waals surface area contributed by atoms with Crippen LogP contribution in [0.1, 0.15) is 32.6 Å². The molecule has 0 aliphatic carbocycles. The molecule has 1 N–H and O–H groups in total. The molecule has 1 aliphatic heterocycles. The number of aromatic nitrogens is 1. The summed E-state index contributed by atoms with van der Waals surface area (Å²) in [6.45, 7) is 2.29. The fourth-order valence-corrected chi connectivity index (χ4v) is 4.87. The lowest BCUT2D eigenvalue weighted by molar-refractivity contribution is -0.120. The molecule has 36 heavy (non-hydrogen) atoms. The van der Waals surface area contributed by atoms with E-state index < -0.39 is 12.1 Å².